The number of nitrogens with zero attached hydrogens (tertiary/aromatic N) is 2. The number of fused-ring (bicyclic) bond motifs is 1. The molecule has 0 aliphatic carbocycles. The van der Waals surface area contributed by atoms with E-state index >= 15 is 0 Å². The molecule has 0 saturated carbocycles. The largest absolute Gasteiger partial charge is 0.360 e. The fourth-order valence-electron chi connectivity index (χ4n) is 3.67. The van der Waals surface area contributed by atoms with Gasteiger partial charge in [-0.25, -0.2) is 12.8 Å². The van der Waals surface area contributed by atoms with E-state index in [0.29, 0.717) is 25.2 Å². The first-order chi connectivity index (χ1) is 14.4. The summed E-state index contributed by atoms with van der Waals surface area (Å²) in [6.07, 6.45) is 1.77. The average molecular weight is 431 g/mol. The number of benzene rings is 2. The fourth-order valence-corrected chi connectivity index (χ4v) is 5.05. The summed E-state index contributed by atoms with van der Waals surface area (Å²) in [6.45, 7) is 1.73. The third-order valence-corrected chi connectivity index (χ3v) is 7.22. The van der Waals surface area contributed by atoms with Crippen LogP contribution in [0.4, 0.5) is 4.39 Å². The minimum Gasteiger partial charge on any atom is -0.360 e. The van der Waals surface area contributed by atoms with Crippen LogP contribution in [0.2, 0.25) is 0 Å². The summed E-state index contributed by atoms with van der Waals surface area (Å²) >= 11 is 0. The molecule has 2 N–H and O–H groups in total. The predicted octanol–water partition coefficient (Wildman–Crippen LogP) is 2.03. The maximum absolute atomic E-state index is 13.4. The van der Waals surface area contributed by atoms with Crippen molar-refractivity contribution in [2.24, 2.45) is 0 Å². The number of H-pyrrole nitrogens is 1. The molecule has 1 saturated heterocycles. The number of rotatable bonds is 6. The van der Waals surface area contributed by atoms with Gasteiger partial charge in [0.1, 0.15) is 5.82 Å². The lowest BCUT2D eigenvalue weighted by molar-refractivity contribution is -0.133. The van der Waals surface area contributed by atoms with E-state index in [9.17, 15) is 17.6 Å². The van der Waals surface area contributed by atoms with Gasteiger partial charge in [0.15, 0.2) is 0 Å². The van der Waals surface area contributed by atoms with Gasteiger partial charge in [0, 0.05) is 48.8 Å². The SMILES string of the molecule is CNCCN1CCN(S(=O)(=O)c2ccc(-c3c[nH]c4cc(F)ccc34)cc2)CC1=O. The molecule has 1 amide bonds. The van der Waals surface area contributed by atoms with Crippen molar-refractivity contribution in [3.05, 3.63) is 54.5 Å². The van der Waals surface area contributed by atoms with Crippen molar-refractivity contribution in [3.8, 4) is 11.1 Å². The molecule has 3 aromatic rings. The molecule has 1 aliphatic rings. The third kappa shape index (κ3) is 3.83. The number of halogens is 1. The Kier molecular flexibility index (Phi) is 5.59. The summed E-state index contributed by atoms with van der Waals surface area (Å²) in [5.74, 6) is -0.513. The van der Waals surface area contributed by atoms with Crippen LogP contribution in [-0.4, -0.2) is 68.3 Å². The van der Waals surface area contributed by atoms with Crippen LogP contribution < -0.4 is 5.32 Å². The van der Waals surface area contributed by atoms with Gasteiger partial charge in [0.05, 0.1) is 11.4 Å². The molecule has 1 aromatic heterocycles. The fraction of sp³-hybridized carbons (Fsp3) is 0.286. The number of hydrogen-bond acceptors (Lipinski definition) is 4. The summed E-state index contributed by atoms with van der Waals surface area (Å²) in [5.41, 5.74) is 2.36. The van der Waals surface area contributed by atoms with Crippen LogP contribution in [0.3, 0.4) is 0 Å². The molecule has 0 spiro atoms. The number of nitrogens with one attached hydrogen (secondary N) is 2. The summed E-state index contributed by atoms with van der Waals surface area (Å²) in [6, 6.07) is 11.1. The van der Waals surface area contributed by atoms with E-state index in [-0.39, 0.29) is 29.7 Å². The van der Waals surface area contributed by atoms with E-state index in [1.807, 2.05) is 7.05 Å². The van der Waals surface area contributed by atoms with Crippen LogP contribution in [0.1, 0.15) is 0 Å². The lowest BCUT2D eigenvalue weighted by Gasteiger charge is -2.33. The van der Waals surface area contributed by atoms with Gasteiger partial charge in [-0.2, -0.15) is 4.31 Å². The smallest absolute Gasteiger partial charge is 0.243 e. The van der Waals surface area contributed by atoms with Crippen molar-refractivity contribution in [3.63, 3.8) is 0 Å². The zero-order chi connectivity index (χ0) is 21.3. The maximum Gasteiger partial charge on any atom is 0.243 e. The van der Waals surface area contributed by atoms with Crippen molar-refractivity contribution in [1.29, 1.82) is 0 Å². The Morgan fingerprint density at radius 2 is 1.90 bits per heavy atom. The number of aromatic amines is 1. The minimum absolute atomic E-state index is 0.147. The Labute approximate surface area is 174 Å². The van der Waals surface area contributed by atoms with Crippen molar-refractivity contribution < 1.29 is 17.6 Å². The standard InChI is InChI=1S/C21H23FN4O3S/c1-23-8-9-25-10-11-26(14-21(25)27)30(28,29)17-5-2-15(3-6-17)19-13-24-20-12-16(22)4-7-18(19)20/h2-7,12-13,23-24H,8-11,14H2,1H3. The van der Waals surface area contributed by atoms with E-state index in [1.165, 1.54) is 16.4 Å². The van der Waals surface area contributed by atoms with Gasteiger partial charge in [0.25, 0.3) is 0 Å². The predicted molar refractivity (Wildman–Crippen MR) is 113 cm³/mol. The maximum atomic E-state index is 13.4. The second-order valence-corrected chi connectivity index (χ2v) is 9.18. The summed E-state index contributed by atoms with van der Waals surface area (Å²) in [4.78, 5) is 17.2. The second kappa shape index (κ2) is 8.17. The number of aromatic nitrogens is 1. The van der Waals surface area contributed by atoms with Crippen molar-refractivity contribution in [1.82, 2.24) is 19.5 Å². The van der Waals surface area contributed by atoms with E-state index < -0.39 is 10.0 Å². The monoisotopic (exact) mass is 430 g/mol. The highest BCUT2D eigenvalue weighted by molar-refractivity contribution is 7.89. The van der Waals surface area contributed by atoms with Gasteiger partial charge in [-0.1, -0.05) is 12.1 Å². The number of sulfonamides is 1. The number of amides is 1. The Balaban J connectivity index is 1.54. The molecule has 158 valence electrons. The van der Waals surface area contributed by atoms with E-state index in [2.05, 4.69) is 10.3 Å². The number of carbonyl (C=O) groups excluding carboxylic acids is 1. The summed E-state index contributed by atoms with van der Waals surface area (Å²) in [7, 11) is -1.95. The first-order valence-corrected chi connectivity index (χ1v) is 11.1. The Hall–Kier alpha value is -2.75. The number of carbonyl (C=O) groups is 1. The highest BCUT2D eigenvalue weighted by atomic mass is 32.2. The third-order valence-electron chi connectivity index (χ3n) is 5.36. The molecule has 7 nitrogen and oxygen atoms in total. The topological polar surface area (TPSA) is 85.5 Å². The Morgan fingerprint density at radius 3 is 2.60 bits per heavy atom. The molecule has 2 heterocycles. The van der Waals surface area contributed by atoms with Crippen LogP contribution in [-0.2, 0) is 14.8 Å². The highest BCUT2D eigenvalue weighted by Crippen LogP contribution is 2.30. The highest BCUT2D eigenvalue weighted by Gasteiger charge is 2.32. The lowest BCUT2D eigenvalue weighted by atomic mass is 10.1. The van der Waals surface area contributed by atoms with Crippen molar-refractivity contribution in [2.45, 2.75) is 4.90 Å². The number of likely N-dealkylation sites (N-methyl/N-ethyl adjacent to an activating group) is 1. The molecule has 9 heteroatoms. The molecular weight excluding hydrogens is 407 g/mol. The van der Waals surface area contributed by atoms with Crippen LogP contribution >= 0.6 is 0 Å². The first kappa shape index (κ1) is 20.5. The van der Waals surface area contributed by atoms with E-state index in [0.717, 1.165) is 16.5 Å². The van der Waals surface area contributed by atoms with Crippen molar-refractivity contribution in [2.75, 3.05) is 39.8 Å². The molecule has 0 unspecified atom stereocenters. The summed E-state index contributed by atoms with van der Waals surface area (Å²) in [5, 5.41) is 3.84. The molecule has 1 aliphatic heterocycles. The molecule has 1 fully saturated rings. The molecule has 30 heavy (non-hydrogen) atoms. The van der Waals surface area contributed by atoms with Crippen LogP contribution in [0.25, 0.3) is 22.0 Å². The molecular formula is C21H23FN4O3S. The van der Waals surface area contributed by atoms with Crippen LogP contribution in [0.15, 0.2) is 53.6 Å². The average Bonchev–Trinajstić information content (AvgIpc) is 3.16. The van der Waals surface area contributed by atoms with E-state index in [4.69, 9.17) is 0 Å². The first-order valence-electron chi connectivity index (χ1n) is 9.70. The number of piperazine rings is 1. The minimum atomic E-state index is -3.76. The van der Waals surface area contributed by atoms with Gasteiger partial charge in [-0.05, 0) is 42.9 Å². The molecule has 0 atom stereocenters. The van der Waals surface area contributed by atoms with Crippen LogP contribution in [0, 0.1) is 5.82 Å². The van der Waals surface area contributed by atoms with E-state index in [1.54, 1.807) is 41.4 Å². The van der Waals surface area contributed by atoms with Gasteiger partial charge < -0.3 is 15.2 Å². The van der Waals surface area contributed by atoms with Gasteiger partial charge in [-0.3, -0.25) is 4.79 Å². The van der Waals surface area contributed by atoms with Crippen molar-refractivity contribution >= 4 is 26.8 Å². The zero-order valence-electron chi connectivity index (χ0n) is 16.6. The number of hydrogen-bond donors (Lipinski definition) is 2. The molecule has 2 aromatic carbocycles. The quantitative estimate of drug-likeness (QED) is 0.627. The Morgan fingerprint density at radius 1 is 1.13 bits per heavy atom. The molecule has 4 rings (SSSR count). The zero-order valence-corrected chi connectivity index (χ0v) is 17.4. The normalized spacial score (nSPS) is 15.8. The summed E-state index contributed by atoms with van der Waals surface area (Å²) < 4.78 is 40.6. The second-order valence-electron chi connectivity index (χ2n) is 7.24. The van der Waals surface area contributed by atoms with Crippen LogP contribution in [0.5, 0.6) is 0 Å². The molecule has 0 radical (unpaired) electrons. The van der Waals surface area contributed by atoms with Gasteiger partial charge in [-0.15, -0.1) is 0 Å². The molecule has 0 bridgehead atoms. The Bertz CT molecular complexity index is 1170. The van der Waals surface area contributed by atoms with Gasteiger partial charge in [0.2, 0.25) is 15.9 Å². The lowest BCUT2D eigenvalue weighted by Crippen LogP contribution is -2.53. The van der Waals surface area contributed by atoms with Gasteiger partial charge >= 0.3 is 0 Å².